The summed E-state index contributed by atoms with van der Waals surface area (Å²) in [6, 6.07) is 15.2. The molecule has 1 aliphatic rings. The molecule has 9 heteroatoms. The molecule has 4 rings (SSSR count). The van der Waals surface area contributed by atoms with E-state index in [0.717, 1.165) is 10.5 Å². The molecule has 1 aliphatic heterocycles. The molecule has 1 heterocycles. The van der Waals surface area contributed by atoms with Crippen LogP contribution in [0.15, 0.2) is 54.6 Å². The zero-order chi connectivity index (χ0) is 22.3. The van der Waals surface area contributed by atoms with Crippen LogP contribution in [0.2, 0.25) is 20.1 Å². The van der Waals surface area contributed by atoms with Crippen LogP contribution in [0.5, 0.6) is 5.75 Å². The quantitative estimate of drug-likeness (QED) is 0.141. The molecule has 0 aromatic heterocycles. The van der Waals surface area contributed by atoms with Gasteiger partial charge in [0.15, 0.2) is 5.75 Å². The van der Waals surface area contributed by atoms with Gasteiger partial charge in [-0.15, -0.1) is 0 Å². The number of halogens is 4. The van der Waals surface area contributed by atoms with Gasteiger partial charge in [0.05, 0.1) is 43.3 Å². The van der Waals surface area contributed by atoms with Crippen LogP contribution in [-0.4, -0.2) is 17.8 Å². The summed E-state index contributed by atoms with van der Waals surface area (Å²) in [4.78, 5) is 39.5. The van der Waals surface area contributed by atoms with Gasteiger partial charge in [0, 0.05) is 0 Å². The summed E-state index contributed by atoms with van der Waals surface area (Å²) in [7, 11) is 0. The molecule has 0 bridgehead atoms. The number of ether oxygens (including phenoxy) is 1. The first-order valence-corrected chi connectivity index (χ1v) is 10.4. The lowest BCUT2D eigenvalue weighted by Crippen LogP contribution is -2.30. The van der Waals surface area contributed by atoms with Gasteiger partial charge >= 0.3 is 5.97 Å². The van der Waals surface area contributed by atoms with Crippen molar-refractivity contribution in [3.05, 3.63) is 91.4 Å². The van der Waals surface area contributed by atoms with Crippen LogP contribution in [0, 0.1) is 0 Å². The van der Waals surface area contributed by atoms with Crippen LogP contribution in [-0.2, 0) is 11.2 Å². The SMILES string of the molecule is O=C(Cc1ccccc1)Oc1ccccc1N1C(=O)c2c(Cl)c(Cl)c(Cl)c(Cl)c2C1=O. The van der Waals surface area contributed by atoms with Crippen molar-refractivity contribution in [2.45, 2.75) is 6.42 Å². The minimum Gasteiger partial charge on any atom is -0.424 e. The van der Waals surface area contributed by atoms with E-state index in [1.54, 1.807) is 36.4 Å². The molecule has 2 amide bonds. The van der Waals surface area contributed by atoms with Crippen molar-refractivity contribution in [3.63, 3.8) is 0 Å². The van der Waals surface area contributed by atoms with E-state index in [0.29, 0.717) is 0 Å². The molecule has 0 N–H and O–H groups in total. The molecule has 5 nitrogen and oxygen atoms in total. The lowest BCUT2D eigenvalue weighted by molar-refractivity contribution is -0.133. The second-order valence-corrected chi connectivity index (χ2v) is 8.07. The van der Waals surface area contributed by atoms with E-state index in [-0.39, 0.29) is 49.1 Å². The molecule has 0 fully saturated rings. The average molecular weight is 495 g/mol. The second-order valence-electron chi connectivity index (χ2n) is 6.56. The van der Waals surface area contributed by atoms with Crippen molar-refractivity contribution in [3.8, 4) is 5.75 Å². The number of carbonyl (C=O) groups excluding carboxylic acids is 3. The first-order chi connectivity index (χ1) is 14.8. The monoisotopic (exact) mass is 493 g/mol. The molecule has 0 spiro atoms. The highest BCUT2D eigenvalue weighted by atomic mass is 35.5. The average Bonchev–Trinajstić information content (AvgIpc) is 3.02. The van der Waals surface area contributed by atoms with Gasteiger partial charge in [-0.2, -0.15) is 0 Å². The van der Waals surface area contributed by atoms with E-state index < -0.39 is 17.8 Å². The van der Waals surface area contributed by atoms with Crippen molar-refractivity contribution >= 4 is 69.9 Å². The van der Waals surface area contributed by atoms with Gasteiger partial charge < -0.3 is 4.74 Å². The topological polar surface area (TPSA) is 63.7 Å². The van der Waals surface area contributed by atoms with Gasteiger partial charge in [-0.05, 0) is 17.7 Å². The van der Waals surface area contributed by atoms with Crippen LogP contribution < -0.4 is 9.64 Å². The molecule has 156 valence electrons. The minimum absolute atomic E-state index is 0.0141. The van der Waals surface area contributed by atoms with Crippen LogP contribution >= 0.6 is 46.4 Å². The maximum absolute atomic E-state index is 13.1. The third-order valence-electron chi connectivity index (χ3n) is 4.62. The highest BCUT2D eigenvalue weighted by Gasteiger charge is 2.43. The standard InChI is InChI=1S/C22H11Cl4NO4/c23-17-15-16(18(24)20(26)19(17)25)22(30)27(21(15)29)12-8-4-5-9-13(12)31-14(28)10-11-6-2-1-3-7-11/h1-9H,10H2. The summed E-state index contributed by atoms with van der Waals surface area (Å²) in [6.07, 6.45) is 0.0141. The van der Waals surface area contributed by atoms with Gasteiger partial charge in [-0.25, -0.2) is 4.90 Å². The van der Waals surface area contributed by atoms with E-state index >= 15 is 0 Å². The van der Waals surface area contributed by atoms with Gasteiger partial charge in [-0.1, -0.05) is 88.9 Å². The molecular formula is C22H11Cl4NO4. The Bertz CT molecular complexity index is 1200. The minimum atomic E-state index is -0.753. The van der Waals surface area contributed by atoms with Crippen molar-refractivity contribution in [1.29, 1.82) is 0 Å². The van der Waals surface area contributed by atoms with Gasteiger partial charge in [0.2, 0.25) is 0 Å². The summed E-state index contributed by atoms with van der Waals surface area (Å²) >= 11 is 24.5. The first kappa shape index (κ1) is 21.7. The normalized spacial score (nSPS) is 12.8. The Balaban J connectivity index is 1.71. The Morgan fingerprint density at radius 3 is 1.84 bits per heavy atom. The number of amides is 2. The van der Waals surface area contributed by atoms with E-state index in [1.165, 1.54) is 12.1 Å². The third kappa shape index (κ3) is 3.79. The van der Waals surface area contributed by atoms with E-state index in [2.05, 4.69) is 0 Å². The lowest BCUT2D eigenvalue weighted by Gasteiger charge is -2.17. The Labute approximate surface area is 197 Å². The highest BCUT2D eigenvalue weighted by Crippen LogP contribution is 2.46. The number of nitrogens with zero attached hydrogens (tertiary/aromatic N) is 1. The number of carbonyl (C=O) groups is 3. The number of rotatable bonds is 4. The molecule has 3 aromatic carbocycles. The van der Waals surface area contributed by atoms with Gasteiger partial charge in [-0.3, -0.25) is 14.4 Å². The number of hydrogen-bond acceptors (Lipinski definition) is 4. The number of anilines is 1. The maximum atomic E-state index is 13.1. The van der Waals surface area contributed by atoms with E-state index in [9.17, 15) is 14.4 Å². The fourth-order valence-corrected chi connectivity index (χ4v) is 4.23. The largest absolute Gasteiger partial charge is 0.424 e. The summed E-state index contributed by atoms with van der Waals surface area (Å²) < 4.78 is 5.46. The number of hydrogen-bond donors (Lipinski definition) is 0. The van der Waals surface area contributed by atoms with Crippen molar-refractivity contribution < 1.29 is 19.1 Å². The first-order valence-electron chi connectivity index (χ1n) is 8.89. The predicted octanol–water partition coefficient (Wildman–Crippen LogP) is 6.25. The Morgan fingerprint density at radius 1 is 0.742 bits per heavy atom. The third-order valence-corrected chi connectivity index (χ3v) is 6.42. The molecule has 31 heavy (non-hydrogen) atoms. The number of imide groups is 1. The summed E-state index contributed by atoms with van der Waals surface area (Å²) in [5.41, 5.74) is 0.510. The molecule has 3 aromatic rings. The smallest absolute Gasteiger partial charge is 0.315 e. The second kappa shape index (κ2) is 8.52. The molecule has 0 radical (unpaired) electrons. The molecule has 0 saturated heterocycles. The van der Waals surface area contributed by atoms with Gasteiger partial charge in [0.25, 0.3) is 11.8 Å². The highest BCUT2D eigenvalue weighted by molar-refractivity contribution is 6.56. The Hall–Kier alpha value is -2.57. The summed E-state index contributed by atoms with van der Waals surface area (Å²) in [6.45, 7) is 0. The van der Waals surface area contributed by atoms with Crippen LogP contribution in [0.3, 0.4) is 0 Å². The Kier molecular flexibility index (Phi) is 5.95. The van der Waals surface area contributed by atoms with E-state index in [1.807, 2.05) is 6.07 Å². The Morgan fingerprint density at radius 2 is 1.26 bits per heavy atom. The maximum Gasteiger partial charge on any atom is 0.315 e. The van der Waals surface area contributed by atoms with Gasteiger partial charge in [0.1, 0.15) is 0 Å². The zero-order valence-corrected chi connectivity index (χ0v) is 18.5. The van der Waals surface area contributed by atoms with Crippen molar-refractivity contribution in [2.24, 2.45) is 0 Å². The molecule has 0 saturated carbocycles. The predicted molar refractivity (Wildman–Crippen MR) is 120 cm³/mol. The number of esters is 1. The molecule has 0 unspecified atom stereocenters. The molecular weight excluding hydrogens is 484 g/mol. The zero-order valence-electron chi connectivity index (χ0n) is 15.5. The fraction of sp³-hybridized carbons (Fsp3) is 0.0455. The lowest BCUT2D eigenvalue weighted by atomic mass is 10.1. The van der Waals surface area contributed by atoms with Crippen LogP contribution in [0.4, 0.5) is 5.69 Å². The van der Waals surface area contributed by atoms with Crippen LogP contribution in [0.1, 0.15) is 26.3 Å². The summed E-state index contributed by atoms with van der Waals surface area (Å²) in [5.74, 6) is -2.03. The number of fused-ring (bicyclic) bond motifs is 1. The van der Waals surface area contributed by atoms with E-state index in [4.69, 9.17) is 51.1 Å². The van der Waals surface area contributed by atoms with Crippen molar-refractivity contribution in [1.82, 2.24) is 0 Å². The molecule has 0 atom stereocenters. The van der Waals surface area contributed by atoms with Crippen LogP contribution in [0.25, 0.3) is 0 Å². The molecule has 0 aliphatic carbocycles. The van der Waals surface area contributed by atoms with Crippen molar-refractivity contribution in [2.75, 3.05) is 4.90 Å². The fourth-order valence-electron chi connectivity index (χ4n) is 3.22. The number of benzene rings is 3. The summed E-state index contributed by atoms with van der Waals surface area (Å²) in [5, 5.41) is -0.605. The number of para-hydroxylation sites is 2.